The van der Waals surface area contributed by atoms with Crippen molar-refractivity contribution < 1.29 is 9.18 Å². The van der Waals surface area contributed by atoms with Crippen LogP contribution in [-0.4, -0.2) is 57.6 Å². The molecule has 2 unspecified atom stereocenters. The largest absolute Gasteiger partial charge is 0.340 e. The number of piperazine rings is 1. The van der Waals surface area contributed by atoms with E-state index in [0.29, 0.717) is 57.8 Å². The molecule has 1 fully saturated rings. The van der Waals surface area contributed by atoms with Crippen molar-refractivity contribution in [2.75, 3.05) is 18.4 Å². The normalized spacial score (nSPS) is 17.3. The molecule has 1 saturated heterocycles. The number of carbonyl (C=O) groups excluding carboxylic acids is 1. The Kier molecular flexibility index (Phi) is 9.03. The number of anilines is 2. The number of aliphatic imine (C=N–C) groups is 1. The number of nitrogens with zero attached hydrogens (tertiary/aromatic N) is 4. The summed E-state index contributed by atoms with van der Waals surface area (Å²) in [6.07, 6.45) is 1.71. The quantitative estimate of drug-likeness (QED) is 0.165. The number of rotatable bonds is 4. The Morgan fingerprint density at radius 1 is 1.02 bits per heavy atom. The topological polar surface area (TPSA) is 118 Å². The summed E-state index contributed by atoms with van der Waals surface area (Å²) in [4.78, 5) is 28.7. The van der Waals surface area contributed by atoms with Gasteiger partial charge >= 0.3 is 0 Å². The fourth-order valence-electron chi connectivity index (χ4n) is 5.47. The Balaban J connectivity index is 0.00000384. The number of carbonyl (C=O) groups is 1. The van der Waals surface area contributed by atoms with Crippen molar-refractivity contribution in [3.63, 3.8) is 0 Å². The molecule has 226 valence electrons. The van der Waals surface area contributed by atoms with Crippen LogP contribution in [0.1, 0.15) is 48.3 Å². The third-order valence-corrected chi connectivity index (χ3v) is 7.64. The Labute approximate surface area is 261 Å². The number of amides is 1. The second-order valence-electron chi connectivity index (χ2n) is 10.8. The first-order chi connectivity index (χ1) is 20.7. The molecule has 2 aliphatic rings. The predicted molar refractivity (Wildman–Crippen MR) is 174 cm³/mol. The third kappa shape index (κ3) is 6.46. The van der Waals surface area contributed by atoms with Gasteiger partial charge in [0.1, 0.15) is 5.82 Å². The van der Waals surface area contributed by atoms with Gasteiger partial charge in [0, 0.05) is 69.9 Å². The van der Waals surface area contributed by atoms with Gasteiger partial charge in [-0.05, 0) is 62.4 Å². The molecule has 1 aromatic heterocycles. The van der Waals surface area contributed by atoms with Gasteiger partial charge in [0.05, 0.1) is 18.0 Å². The molecule has 4 N–H and O–H groups in total. The van der Waals surface area contributed by atoms with Crippen LogP contribution in [0.25, 0.3) is 11.3 Å². The summed E-state index contributed by atoms with van der Waals surface area (Å²) in [5.41, 5.74) is 4.93. The predicted octanol–water partition coefficient (Wildman–Crippen LogP) is 6.01. The van der Waals surface area contributed by atoms with E-state index in [2.05, 4.69) is 34.8 Å². The van der Waals surface area contributed by atoms with Gasteiger partial charge in [-0.15, -0.1) is 0 Å². The van der Waals surface area contributed by atoms with Crippen LogP contribution >= 0.6 is 11.6 Å². The molecule has 1 amide bonds. The minimum atomic E-state index is -0.367. The SMILES string of the molecule is C.CC1CN(C(=N)NC(=O)c2ccc(Nc3ncc4c(n3)-c3ccc(Cl)cc3C(c3ccccc3F)=NC4)cc2)CC(C)N1. The van der Waals surface area contributed by atoms with Gasteiger partial charge in [-0.25, -0.2) is 14.4 Å². The highest BCUT2D eigenvalue weighted by atomic mass is 35.5. The number of hydrogen-bond donors (Lipinski definition) is 4. The number of fused-ring (bicyclic) bond motifs is 3. The molecule has 9 nitrogen and oxygen atoms in total. The van der Waals surface area contributed by atoms with Crippen LogP contribution in [-0.2, 0) is 6.54 Å². The summed E-state index contributed by atoms with van der Waals surface area (Å²) in [5, 5.41) is 18.2. The second-order valence-corrected chi connectivity index (χ2v) is 11.2. The minimum absolute atomic E-state index is 0. The Morgan fingerprint density at radius 3 is 2.48 bits per heavy atom. The van der Waals surface area contributed by atoms with E-state index in [1.165, 1.54) is 6.07 Å². The maximum absolute atomic E-state index is 14.8. The Bertz CT molecular complexity index is 1730. The fourth-order valence-corrected chi connectivity index (χ4v) is 5.64. The summed E-state index contributed by atoms with van der Waals surface area (Å²) in [7, 11) is 0. The van der Waals surface area contributed by atoms with E-state index in [4.69, 9.17) is 27.0 Å². The van der Waals surface area contributed by atoms with Crippen molar-refractivity contribution in [1.29, 1.82) is 5.41 Å². The van der Waals surface area contributed by atoms with E-state index in [1.807, 2.05) is 11.0 Å². The summed E-state index contributed by atoms with van der Waals surface area (Å²) in [6.45, 7) is 5.70. The zero-order chi connectivity index (χ0) is 30.1. The van der Waals surface area contributed by atoms with Crippen molar-refractivity contribution in [2.24, 2.45) is 4.99 Å². The third-order valence-electron chi connectivity index (χ3n) is 7.40. The molecule has 3 heterocycles. The van der Waals surface area contributed by atoms with E-state index in [0.717, 1.165) is 11.1 Å². The highest BCUT2D eigenvalue weighted by molar-refractivity contribution is 6.31. The number of nitrogens with one attached hydrogen (secondary N) is 4. The van der Waals surface area contributed by atoms with Crippen molar-refractivity contribution in [2.45, 2.75) is 39.9 Å². The summed E-state index contributed by atoms with van der Waals surface area (Å²) in [6, 6.07) is 19.3. The number of hydrogen-bond acceptors (Lipinski definition) is 7. The first kappa shape index (κ1) is 30.8. The lowest BCUT2D eigenvalue weighted by molar-refractivity contribution is 0.0969. The second kappa shape index (κ2) is 12.9. The van der Waals surface area contributed by atoms with E-state index in [-0.39, 0.29) is 43.7 Å². The summed E-state index contributed by atoms with van der Waals surface area (Å²) < 4.78 is 14.8. The van der Waals surface area contributed by atoms with Gasteiger partial charge in [-0.2, -0.15) is 0 Å². The lowest BCUT2D eigenvalue weighted by Crippen LogP contribution is -2.58. The number of aromatic nitrogens is 2. The first-order valence-electron chi connectivity index (χ1n) is 14.0. The standard InChI is InChI=1S/C32H30ClFN8O.CH4/c1-18-16-42(17-19(2)38-18)31(35)41-30(43)20-7-10-23(11-8-20)39-32-37-15-21-14-36-29(25-5-3-4-6-27(25)34)26-13-22(33)9-12-24(26)28(21)40-32;/h3-13,15,18-19,38H,14,16-17H2,1-2H3,(H2,35,41,43)(H,37,39,40);1H4. The first-order valence-corrected chi connectivity index (χ1v) is 14.4. The van der Waals surface area contributed by atoms with E-state index in [1.54, 1.807) is 60.8 Å². The smallest absolute Gasteiger partial charge is 0.257 e. The Hall–Kier alpha value is -4.67. The molecule has 4 aromatic rings. The lowest BCUT2D eigenvalue weighted by Gasteiger charge is -2.37. The lowest BCUT2D eigenvalue weighted by atomic mass is 9.95. The van der Waals surface area contributed by atoms with Gasteiger partial charge < -0.3 is 15.5 Å². The van der Waals surface area contributed by atoms with Crippen LogP contribution in [0.5, 0.6) is 0 Å². The highest BCUT2D eigenvalue weighted by Crippen LogP contribution is 2.34. The van der Waals surface area contributed by atoms with Gasteiger partial charge in [0.2, 0.25) is 5.95 Å². The molecular formula is C33H34ClFN8O. The molecule has 0 radical (unpaired) electrons. The molecule has 3 aromatic carbocycles. The Morgan fingerprint density at radius 2 is 1.75 bits per heavy atom. The highest BCUT2D eigenvalue weighted by Gasteiger charge is 2.25. The van der Waals surface area contributed by atoms with Crippen molar-refractivity contribution >= 4 is 40.8 Å². The van der Waals surface area contributed by atoms with Crippen LogP contribution < -0.4 is 16.0 Å². The van der Waals surface area contributed by atoms with Crippen LogP contribution in [0.15, 0.2) is 77.9 Å². The van der Waals surface area contributed by atoms with Crippen molar-refractivity contribution in [3.8, 4) is 11.3 Å². The van der Waals surface area contributed by atoms with E-state index >= 15 is 0 Å². The average Bonchev–Trinajstić information content (AvgIpc) is 3.13. The fraction of sp³-hybridized carbons (Fsp3) is 0.242. The molecule has 6 rings (SSSR count). The molecule has 0 bridgehead atoms. The number of benzene rings is 3. The summed E-state index contributed by atoms with van der Waals surface area (Å²) >= 11 is 6.36. The molecule has 2 atom stereocenters. The summed E-state index contributed by atoms with van der Waals surface area (Å²) in [5.74, 6) is -0.268. The zero-order valence-corrected chi connectivity index (χ0v) is 24.4. The van der Waals surface area contributed by atoms with Crippen molar-refractivity contribution in [3.05, 3.63) is 106 Å². The van der Waals surface area contributed by atoms with E-state index < -0.39 is 0 Å². The van der Waals surface area contributed by atoms with Crippen molar-refractivity contribution in [1.82, 2.24) is 25.5 Å². The molecular weight excluding hydrogens is 579 g/mol. The van der Waals surface area contributed by atoms with Crippen LogP contribution in [0.4, 0.5) is 16.0 Å². The number of halogens is 2. The van der Waals surface area contributed by atoms with Gasteiger partial charge in [0.25, 0.3) is 5.91 Å². The molecule has 11 heteroatoms. The van der Waals surface area contributed by atoms with Gasteiger partial charge in [-0.1, -0.05) is 37.2 Å². The van der Waals surface area contributed by atoms with Gasteiger partial charge in [0.15, 0.2) is 5.96 Å². The molecule has 0 saturated carbocycles. The average molecular weight is 613 g/mol. The number of guanidine groups is 1. The molecule has 0 spiro atoms. The zero-order valence-electron chi connectivity index (χ0n) is 23.7. The van der Waals surface area contributed by atoms with E-state index in [9.17, 15) is 9.18 Å². The van der Waals surface area contributed by atoms with Crippen LogP contribution in [0.2, 0.25) is 5.02 Å². The van der Waals surface area contributed by atoms with Crippen LogP contribution in [0.3, 0.4) is 0 Å². The monoisotopic (exact) mass is 612 g/mol. The maximum Gasteiger partial charge on any atom is 0.257 e. The minimum Gasteiger partial charge on any atom is -0.340 e. The van der Waals surface area contributed by atoms with Crippen LogP contribution in [0, 0.1) is 11.2 Å². The van der Waals surface area contributed by atoms with Gasteiger partial charge in [-0.3, -0.25) is 20.5 Å². The molecule has 2 aliphatic heterocycles. The molecule has 0 aliphatic carbocycles. The maximum atomic E-state index is 14.8. The molecule has 44 heavy (non-hydrogen) atoms.